The number of hydrogen-bond donors (Lipinski definition) is 2. The minimum absolute atomic E-state index is 0.211. The molecule has 5 heteroatoms. The molecule has 0 aromatic heterocycles. The average Bonchev–Trinajstić information content (AvgIpc) is 2.28. The molecule has 0 saturated carbocycles. The maximum absolute atomic E-state index is 11.9. The van der Waals surface area contributed by atoms with E-state index in [0.717, 1.165) is 3.57 Å². The molecule has 0 bridgehead atoms. The lowest BCUT2D eigenvalue weighted by atomic mass is 10.0. The van der Waals surface area contributed by atoms with Crippen LogP contribution in [0.2, 0.25) is 0 Å². The Morgan fingerprint density at radius 2 is 1.83 bits per heavy atom. The topological polar surface area (TPSA) is 66.4 Å². The molecule has 98 valence electrons. The fourth-order valence-electron chi connectivity index (χ4n) is 1.54. The molecular weight excluding hydrogens is 345 g/mol. The SMILES string of the molecule is CC(C)C[C@H](NC(=O)c1ccc(I)cc1)C(=O)O. The molecule has 0 aliphatic carbocycles. The van der Waals surface area contributed by atoms with E-state index in [-0.39, 0.29) is 11.8 Å². The van der Waals surface area contributed by atoms with E-state index in [2.05, 4.69) is 27.9 Å². The van der Waals surface area contributed by atoms with Crippen LogP contribution in [0.25, 0.3) is 0 Å². The van der Waals surface area contributed by atoms with Crippen LogP contribution in [0.4, 0.5) is 0 Å². The van der Waals surface area contributed by atoms with Crippen molar-refractivity contribution < 1.29 is 14.7 Å². The predicted octanol–water partition coefficient (Wildman–Crippen LogP) is 2.52. The lowest BCUT2D eigenvalue weighted by Gasteiger charge is -2.16. The first-order valence-electron chi connectivity index (χ1n) is 5.69. The molecule has 0 spiro atoms. The second-order valence-electron chi connectivity index (χ2n) is 4.50. The van der Waals surface area contributed by atoms with Crippen molar-refractivity contribution >= 4 is 34.5 Å². The number of benzene rings is 1. The quantitative estimate of drug-likeness (QED) is 0.793. The van der Waals surface area contributed by atoms with Gasteiger partial charge in [-0.15, -0.1) is 0 Å². The largest absolute Gasteiger partial charge is 0.480 e. The Morgan fingerprint density at radius 1 is 1.28 bits per heavy atom. The first-order valence-corrected chi connectivity index (χ1v) is 6.77. The fraction of sp³-hybridized carbons (Fsp3) is 0.385. The maximum atomic E-state index is 11.9. The van der Waals surface area contributed by atoms with Gasteiger partial charge in [0.25, 0.3) is 5.91 Å². The van der Waals surface area contributed by atoms with E-state index in [0.29, 0.717) is 12.0 Å². The highest BCUT2D eigenvalue weighted by Crippen LogP contribution is 2.09. The number of amides is 1. The number of carboxylic acid groups (broad SMARTS) is 1. The van der Waals surface area contributed by atoms with Gasteiger partial charge in [-0.1, -0.05) is 13.8 Å². The van der Waals surface area contributed by atoms with Gasteiger partial charge >= 0.3 is 5.97 Å². The van der Waals surface area contributed by atoms with E-state index in [4.69, 9.17) is 5.11 Å². The van der Waals surface area contributed by atoms with E-state index in [1.807, 2.05) is 26.0 Å². The summed E-state index contributed by atoms with van der Waals surface area (Å²) >= 11 is 2.15. The lowest BCUT2D eigenvalue weighted by Crippen LogP contribution is -2.41. The molecule has 1 aromatic carbocycles. The molecule has 1 aromatic rings. The minimum Gasteiger partial charge on any atom is -0.480 e. The second kappa shape index (κ2) is 6.72. The average molecular weight is 361 g/mol. The maximum Gasteiger partial charge on any atom is 0.326 e. The predicted molar refractivity (Wildman–Crippen MR) is 77.5 cm³/mol. The van der Waals surface area contributed by atoms with Crippen LogP contribution in [0.1, 0.15) is 30.6 Å². The van der Waals surface area contributed by atoms with Crippen LogP contribution >= 0.6 is 22.6 Å². The molecule has 2 N–H and O–H groups in total. The van der Waals surface area contributed by atoms with Gasteiger partial charge in [0, 0.05) is 9.13 Å². The third-order valence-electron chi connectivity index (χ3n) is 2.42. The Hall–Kier alpha value is -1.11. The molecular formula is C13H16INO3. The number of carbonyl (C=O) groups excluding carboxylic acids is 1. The number of hydrogen-bond acceptors (Lipinski definition) is 2. The van der Waals surface area contributed by atoms with E-state index in [9.17, 15) is 9.59 Å². The van der Waals surface area contributed by atoms with Crippen molar-refractivity contribution in [3.63, 3.8) is 0 Å². The third-order valence-corrected chi connectivity index (χ3v) is 3.14. The third kappa shape index (κ3) is 4.64. The zero-order valence-corrected chi connectivity index (χ0v) is 12.5. The van der Waals surface area contributed by atoms with E-state index >= 15 is 0 Å². The fourth-order valence-corrected chi connectivity index (χ4v) is 1.90. The van der Waals surface area contributed by atoms with Gasteiger partial charge in [-0.3, -0.25) is 4.79 Å². The highest BCUT2D eigenvalue weighted by molar-refractivity contribution is 14.1. The van der Waals surface area contributed by atoms with Crippen LogP contribution in [-0.4, -0.2) is 23.0 Å². The summed E-state index contributed by atoms with van der Waals surface area (Å²) < 4.78 is 1.03. The van der Waals surface area contributed by atoms with Crippen molar-refractivity contribution in [1.29, 1.82) is 0 Å². The zero-order chi connectivity index (χ0) is 13.7. The molecule has 0 heterocycles. The Balaban J connectivity index is 2.72. The first kappa shape index (κ1) is 14.9. The molecule has 0 aliphatic heterocycles. The highest BCUT2D eigenvalue weighted by atomic mass is 127. The number of carboxylic acids is 1. The van der Waals surface area contributed by atoms with Gasteiger partial charge in [-0.05, 0) is 59.2 Å². The molecule has 0 unspecified atom stereocenters. The smallest absolute Gasteiger partial charge is 0.326 e. The van der Waals surface area contributed by atoms with Gasteiger partial charge in [-0.2, -0.15) is 0 Å². The van der Waals surface area contributed by atoms with E-state index in [1.165, 1.54) is 0 Å². The number of carbonyl (C=O) groups is 2. The van der Waals surface area contributed by atoms with Crippen LogP contribution < -0.4 is 5.32 Å². The molecule has 0 fully saturated rings. The summed E-state index contributed by atoms with van der Waals surface area (Å²) in [5, 5.41) is 11.6. The Labute approximate surface area is 120 Å². The van der Waals surface area contributed by atoms with Crippen molar-refractivity contribution in [1.82, 2.24) is 5.32 Å². The standard InChI is InChI=1S/C13H16INO3/c1-8(2)7-11(13(17)18)15-12(16)9-3-5-10(14)6-4-9/h3-6,8,11H,7H2,1-2H3,(H,15,16)(H,17,18)/t11-/m0/s1. The van der Waals surface area contributed by atoms with Crippen LogP contribution in [0.5, 0.6) is 0 Å². The molecule has 1 atom stereocenters. The molecule has 4 nitrogen and oxygen atoms in total. The van der Waals surface area contributed by atoms with Crippen molar-refractivity contribution in [3.8, 4) is 0 Å². The van der Waals surface area contributed by atoms with E-state index < -0.39 is 12.0 Å². The van der Waals surface area contributed by atoms with Crippen LogP contribution in [0.3, 0.4) is 0 Å². The minimum atomic E-state index is -0.998. The van der Waals surface area contributed by atoms with Gasteiger partial charge < -0.3 is 10.4 Å². The Morgan fingerprint density at radius 3 is 2.28 bits per heavy atom. The highest BCUT2D eigenvalue weighted by Gasteiger charge is 2.21. The molecule has 1 rings (SSSR count). The van der Waals surface area contributed by atoms with Gasteiger partial charge in [0.15, 0.2) is 0 Å². The van der Waals surface area contributed by atoms with Gasteiger partial charge in [0.2, 0.25) is 0 Å². The van der Waals surface area contributed by atoms with Gasteiger partial charge in [-0.25, -0.2) is 4.79 Å². The molecule has 0 saturated heterocycles. The van der Waals surface area contributed by atoms with Crippen molar-refractivity contribution in [2.75, 3.05) is 0 Å². The van der Waals surface area contributed by atoms with Crippen molar-refractivity contribution in [2.45, 2.75) is 26.3 Å². The molecule has 0 radical (unpaired) electrons. The Bertz CT molecular complexity index is 428. The second-order valence-corrected chi connectivity index (χ2v) is 5.75. The monoisotopic (exact) mass is 361 g/mol. The molecule has 0 aliphatic rings. The summed E-state index contributed by atoms with van der Waals surface area (Å²) in [6.45, 7) is 3.85. The number of nitrogens with one attached hydrogen (secondary N) is 1. The summed E-state index contributed by atoms with van der Waals surface area (Å²) in [6.07, 6.45) is 0.422. The van der Waals surface area contributed by atoms with Gasteiger partial charge in [0.1, 0.15) is 6.04 Å². The molecule has 1 amide bonds. The normalized spacial score (nSPS) is 12.2. The van der Waals surface area contributed by atoms with Crippen molar-refractivity contribution in [2.24, 2.45) is 5.92 Å². The zero-order valence-electron chi connectivity index (χ0n) is 10.3. The number of rotatable bonds is 5. The van der Waals surface area contributed by atoms with E-state index in [1.54, 1.807) is 12.1 Å². The number of aliphatic carboxylic acids is 1. The Kier molecular flexibility index (Phi) is 5.58. The summed E-state index contributed by atoms with van der Waals surface area (Å²) in [5.74, 6) is -1.13. The number of halogens is 1. The van der Waals surface area contributed by atoms with Crippen LogP contribution in [0, 0.1) is 9.49 Å². The molecule has 18 heavy (non-hydrogen) atoms. The summed E-state index contributed by atoms with van der Waals surface area (Å²) in [6, 6.07) is 6.16. The first-order chi connectivity index (χ1) is 8.40. The summed E-state index contributed by atoms with van der Waals surface area (Å²) in [7, 11) is 0. The summed E-state index contributed by atoms with van der Waals surface area (Å²) in [5.41, 5.74) is 0.477. The van der Waals surface area contributed by atoms with Crippen LogP contribution in [0.15, 0.2) is 24.3 Å². The van der Waals surface area contributed by atoms with Gasteiger partial charge in [0.05, 0.1) is 0 Å². The van der Waals surface area contributed by atoms with Crippen molar-refractivity contribution in [3.05, 3.63) is 33.4 Å². The van der Waals surface area contributed by atoms with Crippen LogP contribution in [-0.2, 0) is 4.79 Å². The lowest BCUT2D eigenvalue weighted by molar-refractivity contribution is -0.139. The summed E-state index contributed by atoms with van der Waals surface area (Å²) in [4.78, 5) is 22.9.